The lowest BCUT2D eigenvalue weighted by molar-refractivity contribution is 0.178. The van der Waals surface area contributed by atoms with Gasteiger partial charge in [-0.05, 0) is 30.5 Å². The molecule has 1 atom stereocenters. The third kappa shape index (κ3) is 3.30. The van der Waals surface area contributed by atoms with Gasteiger partial charge in [-0.15, -0.1) is 6.58 Å². The van der Waals surface area contributed by atoms with E-state index in [1.165, 1.54) is 0 Å². The highest BCUT2D eigenvalue weighted by molar-refractivity contribution is 5.26. The SMILES string of the molecule is C=CCC(O)Cc1ccc(O)cc1. The summed E-state index contributed by atoms with van der Waals surface area (Å²) < 4.78 is 0. The molecule has 1 aromatic carbocycles. The Bertz CT molecular complexity index is 264. The molecular weight excluding hydrogens is 164 g/mol. The number of hydrogen-bond acceptors (Lipinski definition) is 2. The lowest BCUT2D eigenvalue weighted by atomic mass is 10.1. The summed E-state index contributed by atoms with van der Waals surface area (Å²) in [6.45, 7) is 3.56. The summed E-state index contributed by atoms with van der Waals surface area (Å²) in [6, 6.07) is 6.86. The average molecular weight is 178 g/mol. The Balaban J connectivity index is 2.53. The summed E-state index contributed by atoms with van der Waals surface area (Å²) in [4.78, 5) is 0. The Morgan fingerprint density at radius 3 is 2.46 bits per heavy atom. The molecule has 0 fully saturated rings. The van der Waals surface area contributed by atoms with Crippen molar-refractivity contribution in [2.24, 2.45) is 0 Å². The van der Waals surface area contributed by atoms with E-state index in [0.717, 1.165) is 5.56 Å². The molecule has 2 heteroatoms. The maximum atomic E-state index is 9.44. The Kier molecular flexibility index (Phi) is 3.53. The summed E-state index contributed by atoms with van der Waals surface area (Å²) >= 11 is 0. The summed E-state index contributed by atoms with van der Waals surface area (Å²) in [6.07, 6.45) is 2.53. The van der Waals surface area contributed by atoms with Crippen LogP contribution in [0.5, 0.6) is 5.75 Å². The van der Waals surface area contributed by atoms with Gasteiger partial charge in [-0.25, -0.2) is 0 Å². The summed E-state index contributed by atoms with van der Waals surface area (Å²) in [5.41, 5.74) is 1.02. The van der Waals surface area contributed by atoms with Gasteiger partial charge in [0.05, 0.1) is 6.10 Å². The zero-order valence-electron chi connectivity index (χ0n) is 7.48. The number of benzene rings is 1. The molecule has 1 rings (SSSR count). The molecule has 0 radical (unpaired) electrons. The molecule has 70 valence electrons. The molecule has 2 N–H and O–H groups in total. The van der Waals surface area contributed by atoms with E-state index in [1.807, 2.05) is 12.1 Å². The van der Waals surface area contributed by atoms with E-state index in [0.29, 0.717) is 12.8 Å². The quantitative estimate of drug-likeness (QED) is 0.691. The van der Waals surface area contributed by atoms with Crippen molar-refractivity contribution in [1.29, 1.82) is 0 Å². The highest BCUT2D eigenvalue weighted by Crippen LogP contribution is 2.12. The van der Waals surface area contributed by atoms with Crippen LogP contribution >= 0.6 is 0 Å². The van der Waals surface area contributed by atoms with Crippen molar-refractivity contribution in [2.45, 2.75) is 18.9 Å². The standard InChI is InChI=1S/C11H14O2/c1-2-3-11(13)8-9-4-6-10(12)7-5-9/h2,4-7,11-13H,1,3,8H2. The van der Waals surface area contributed by atoms with Gasteiger partial charge in [-0.3, -0.25) is 0 Å². The lowest BCUT2D eigenvalue weighted by Crippen LogP contribution is -2.08. The maximum Gasteiger partial charge on any atom is 0.115 e. The molecule has 1 unspecified atom stereocenters. The van der Waals surface area contributed by atoms with Crippen LogP contribution in [-0.2, 0) is 6.42 Å². The first-order chi connectivity index (χ1) is 6.22. The van der Waals surface area contributed by atoms with Crippen LogP contribution in [0.2, 0.25) is 0 Å². The molecule has 2 nitrogen and oxygen atoms in total. The van der Waals surface area contributed by atoms with Gasteiger partial charge in [0.25, 0.3) is 0 Å². The topological polar surface area (TPSA) is 40.5 Å². The summed E-state index contributed by atoms with van der Waals surface area (Å²) in [5, 5.41) is 18.5. The Morgan fingerprint density at radius 2 is 1.92 bits per heavy atom. The Labute approximate surface area is 78.2 Å². The first kappa shape index (κ1) is 9.81. The van der Waals surface area contributed by atoms with Crippen LogP contribution in [0.15, 0.2) is 36.9 Å². The molecule has 0 heterocycles. The second kappa shape index (κ2) is 4.67. The molecule has 0 spiro atoms. The number of aliphatic hydroxyl groups is 1. The van der Waals surface area contributed by atoms with Crippen LogP contribution in [0.25, 0.3) is 0 Å². The van der Waals surface area contributed by atoms with Gasteiger partial charge in [0.1, 0.15) is 5.75 Å². The molecule has 0 aliphatic heterocycles. The largest absolute Gasteiger partial charge is 0.508 e. The van der Waals surface area contributed by atoms with Crippen molar-refractivity contribution in [3.8, 4) is 5.75 Å². The van der Waals surface area contributed by atoms with Crippen molar-refractivity contribution in [2.75, 3.05) is 0 Å². The predicted molar refractivity (Wildman–Crippen MR) is 52.6 cm³/mol. The molecule has 0 aromatic heterocycles. The zero-order valence-corrected chi connectivity index (χ0v) is 7.48. The van der Waals surface area contributed by atoms with E-state index in [4.69, 9.17) is 5.11 Å². The van der Waals surface area contributed by atoms with Gasteiger partial charge in [0.15, 0.2) is 0 Å². The molecule has 0 bridgehead atoms. The summed E-state index contributed by atoms with van der Waals surface area (Å²) in [7, 11) is 0. The highest BCUT2D eigenvalue weighted by Gasteiger charge is 2.02. The van der Waals surface area contributed by atoms with E-state index in [9.17, 15) is 5.11 Å². The molecular formula is C11H14O2. The number of phenols is 1. The van der Waals surface area contributed by atoms with E-state index in [1.54, 1.807) is 18.2 Å². The van der Waals surface area contributed by atoms with E-state index in [-0.39, 0.29) is 11.9 Å². The maximum absolute atomic E-state index is 9.44. The minimum atomic E-state index is -0.373. The van der Waals surface area contributed by atoms with Crippen molar-refractivity contribution in [3.05, 3.63) is 42.5 Å². The fourth-order valence-corrected chi connectivity index (χ4v) is 1.18. The van der Waals surface area contributed by atoms with Crippen molar-refractivity contribution in [1.82, 2.24) is 0 Å². The molecule has 1 aromatic rings. The Morgan fingerprint density at radius 1 is 1.31 bits per heavy atom. The summed E-state index contributed by atoms with van der Waals surface area (Å²) in [5.74, 6) is 0.252. The van der Waals surface area contributed by atoms with Crippen LogP contribution in [0.3, 0.4) is 0 Å². The number of phenolic OH excluding ortho intramolecular Hbond substituents is 1. The molecule has 0 aliphatic carbocycles. The fourth-order valence-electron chi connectivity index (χ4n) is 1.18. The normalized spacial score (nSPS) is 12.4. The van der Waals surface area contributed by atoms with Crippen LogP contribution in [-0.4, -0.2) is 16.3 Å². The van der Waals surface area contributed by atoms with Gasteiger partial charge in [-0.2, -0.15) is 0 Å². The fraction of sp³-hybridized carbons (Fsp3) is 0.273. The second-order valence-corrected chi connectivity index (χ2v) is 3.05. The first-order valence-electron chi connectivity index (χ1n) is 4.29. The Hall–Kier alpha value is -1.28. The van der Waals surface area contributed by atoms with Gasteiger partial charge in [0.2, 0.25) is 0 Å². The number of aromatic hydroxyl groups is 1. The van der Waals surface area contributed by atoms with E-state index >= 15 is 0 Å². The van der Waals surface area contributed by atoms with Crippen molar-refractivity contribution in [3.63, 3.8) is 0 Å². The monoisotopic (exact) mass is 178 g/mol. The molecule has 0 amide bonds. The zero-order chi connectivity index (χ0) is 9.68. The minimum Gasteiger partial charge on any atom is -0.508 e. The molecule has 0 saturated heterocycles. The van der Waals surface area contributed by atoms with Crippen LogP contribution < -0.4 is 0 Å². The van der Waals surface area contributed by atoms with Gasteiger partial charge in [-0.1, -0.05) is 18.2 Å². The smallest absolute Gasteiger partial charge is 0.115 e. The number of hydrogen-bond donors (Lipinski definition) is 2. The number of rotatable bonds is 4. The van der Waals surface area contributed by atoms with Gasteiger partial charge < -0.3 is 10.2 Å². The third-order valence-electron chi connectivity index (χ3n) is 1.85. The molecule has 0 aliphatic rings. The first-order valence-corrected chi connectivity index (χ1v) is 4.29. The van der Waals surface area contributed by atoms with Crippen LogP contribution in [0.1, 0.15) is 12.0 Å². The van der Waals surface area contributed by atoms with Gasteiger partial charge >= 0.3 is 0 Å². The van der Waals surface area contributed by atoms with Gasteiger partial charge in [0, 0.05) is 0 Å². The van der Waals surface area contributed by atoms with Crippen LogP contribution in [0, 0.1) is 0 Å². The minimum absolute atomic E-state index is 0.252. The second-order valence-electron chi connectivity index (χ2n) is 3.05. The van der Waals surface area contributed by atoms with E-state index < -0.39 is 0 Å². The number of aliphatic hydroxyl groups excluding tert-OH is 1. The third-order valence-corrected chi connectivity index (χ3v) is 1.85. The predicted octanol–water partition coefficient (Wildman–Crippen LogP) is 1.87. The van der Waals surface area contributed by atoms with E-state index in [2.05, 4.69) is 6.58 Å². The molecule has 0 saturated carbocycles. The van der Waals surface area contributed by atoms with Crippen molar-refractivity contribution >= 4 is 0 Å². The molecule has 13 heavy (non-hydrogen) atoms. The van der Waals surface area contributed by atoms with Crippen LogP contribution in [0.4, 0.5) is 0 Å². The average Bonchev–Trinajstić information content (AvgIpc) is 2.09. The van der Waals surface area contributed by atoms with Crippen molar-refractivity contribution < 1.29 is 10.2 Å². The highest BCUT2D eigenvalue weighted by atomic mass is 16.3. The lowest BCUT2D eigenvalue weighted by Gasteiger charge is -2.07.